The Balaban J connectivity index is 4.17. The fourth-order valence-electron chi connectivity index (χ4n) is 10.1. The van der Waals surface area contributed by atoms with Crippen LogP contribution in [0.2, 0.25) is 0 Å². The van der Waals surface area contributed by atoms with Crippen LogP contribution >= 0.6 is 0 Å². The Kier molecular flexibility index (Phi) is 64.2. The summed E-state index contributed by atoms with van der Waals surface area (Å²) in [5.41, 5.74) is 0. The van der Waals surface area contributed by atoms with Gasteiger partial charge in [0.25, 0.3) is 0 Å². The molecule has 0 fully saturated rings. The van der Waals surface area contributed by atoms with Gasteiger partial charge < -0.3 is 14.2 Å². The van der Waals surface area contributed by atoms with Crippen molar-refractivity contribution in [2.24, 2.45) is 0 Å². The van der Waals surface area contributed by atoms with Crippen LogP contribution < -0.4 is 0 Å². The van der Waals surface area contributed by atoms with Gasteiger partial charge in [-0.1, -0.05) is 313 Å². The molecule has 1 unspecified atom stereocenters. The molecule has 0 saturated carbocycles. The van der Waals surface area contributed by atoms with Crippen molar-refractivity contribution in [1.82, 2.24) is 0 Å². The first-order chi connectivity index (χ1) is 38.5. The second kappa shape index (κ2) is 66.6. The third-order valence-corrected chi connectivity index (χ3v) is 15.2. The van der Waals surface area contributed by atoms with Crippen LogP contribution in [-0.2, 0) is 28.6 Å². The van der Waals surface area contributed by atoms with Crippen molar-refractivity contribution < 1.29 is 28.6 Å². The minimum Gasteiger partial charge on any atom is -0.462 e. The molecule has 0 aliphatic rings. The number of allylic oxidation sites excluding steroid dienone is 10. The van der Waals surface area contributed by atoms with Gasteiger partial charge in [0.05, 0.1) is 0 Å². The quantitative estimate of drug-likeness (QED) is 0.0261. The molecule has 0 rings (SSSR count). The summed E-state index contributed by atoms with van der Waals surface area (Å²) in [5, 5.41) is 0. The van der Waals surface area contributed by atoms with E-state index in [4.69, 9.17) is 14.2 Å². The van der Waals surface area contributed by atoms with Crippen LogP contribution in [0.1, 0.15) is 361 Å². The maximum atomic E-state index is 12.9. The van der Waals surface area contributed by atoms with Crippen molar-refractivity contribution in [3.63, 3.8) is 0 Å². The highest BCUT2D eigenvalue weighted by Gasteiger charge is 2.19. The Morgan fingerprint density at radius 3 is 0.718 bits per heavy atom. The average Bonchev–Trinajstić information content (AvgIpc) is 3.44. The Hall–Kier alpha value is -2.89. The molecule has 0 saturated heterocycles. The highest BCUT2D eigenvalue weighted by Crippen LogP contribution is 2.17. The van der Waals surface area contributed by atoms with E-state index in [1.165, 1.54) is 238 Å². The third kappa shape index (κ3) is 63.9. The van der Waals surface area contributed by atoms with Crippen molar-refractivity contribution in [3.8, 4) is 0 Å². The molecule has 0 aliphatic heterocycles. The lowest BCUT2D eigenvalue weighted by Gasteiger charge is -2.18. The summed E-state index contributed by atoms with van der Waals surface area (Å²) in [6.07, 6.45) is 85.4. The standard InChI is InChI=1S/C72H130O6/c1-4-7-10-13-16-19-22-24-26-28-30-32-33-34-35-36-37-38-39-41-42-44-46-48-50-53-56-59-62-65-71(74)77-68-69(67-76-70(73)64-61-58-55-52-21-18-15-12-9-6-3)78-72(75)66-63-60-57-54-51-49-47-45-43-40-31-29-27-25-23-20-17-14-11-8-5-2/h22-25,28-31,43,45,69H,4-21,26-27,32-42,44,46-68H2,1-3H3/b24-22-,25-23-,30-28-,31-29-,45-43-. The normalized spacial score (nSPS) is 12.4. The molecule has 1 atom stereocenters. The number of hydrogen-bond acceptors (Lipinski definition) is 6. The lowest BCUT2D eigenvalue weighted by Crippen LogP contribution is -2.30. The highest BCUT2D eigenvalue weighted by molar-refractivity contribution is 5.71. The predicted molar refractivity (Wildman–Crippen MR) is 339 cm³/mol. The zero-order valence-electron chi connectivity index (χ0n) is 52.2. The van der Waals surface area contributed by atoms with Gasteiger partial charge in [0.2, 0.25) is 0 Å². The largest absolute Gasteiger partial charge is 0.462 e. The monoisotopic (exact) mass is 1090 g/mol. The van der Waals surface area contributed by atoms with Gasteiger partial charge in [-0.05, 0) is 89.9 Å². The van der Waals surface area contributed by atoms with E-state index in [1.54, 1.807) is 0 Å². The van der Waals surface area contributed by atoms with Crippen LogP contribution in [0.3, 0.4) is 0 Å². The van der Waals surface area contributed by atoms with Crippen molar-refractivity contribution in [2.45, 2.75) is 367 Å². The van der Waals surface area contributed by atoms with Gasteiger partial charge in [-0.2, -0.15) is 0 Å². The van der Waals surface area contributed by atoms with E-state index >= 15 is 0 Å². The van der Waals surface area contributed by atoms with Gasteiger partial charge in [0.15, 0.2) is 6.10 Å². The maximum absolute atomic E-state index is 12.9. The first-order valence-corrected chi connectivity index (χ1v) is 34.3. The van der Waals surface area contributed by atoms with Crippen molar-refractivity contribution in [2.75, 3.05) is 13.2 Å². The van der Waals surface area contributed by atoms with Gasteiger partial charge in [0.1, 0.15) is 13.2 Å². The van der Waals surface area contributed by atoms with Crippen LogP contribution in [0.25, 0.3) is 0 Å². The molecule has 0 radical (unpaired) electrons. The van der Waals surface area contributed by atoms with Crippen LogP contribution in [0.4, 0.5) is 0 Å². The minimum atomic E-state index is -0.779. The van der Waals surface area contributed by atoms with Gasteiger partial charge in [-0.3, -0.25) is 14.4 Å². The second-order valence-corrected chi connectivity index (χ2v) is 23.1. The number of carbonyl (C=O) groups is 3. The lowest BCUT2D eigenvalue weighted by molar-refractivity contribution is -0.167. The molecule has 0 aromatic rings. The molecule has 6 nitrogen and oxygen atoms in total. The van der Waals surface area contributed by atoms with Gasteiger partial charge >= 0.3 is 17.9 Å². The summed E-state index contributed by atoms with van der Waals surface area (Å²) in [7, 11) is 0. The molecule has 0 spiro atoms. The topological polar surface area (TPSA) is 78.9 Å². The molecule has 78 heavy (non-hydrogen) atoms. The molecule has 0 amide bonds. The predicted octanol–water partition coefficient (Wildman–Crippen LogP) is 23.5. The zero-order chi connectivity index (χ0) is 56.4. The molecule has 6 heteroatoms. The van der Waals surface area contributed by atoms with Crippen LogP contribution in [0, 0.1) is 0 Å². The number of hydrogen-bond donors (Lipinski definition) is 0. The van der Waals surface area contributed by atoms with E-state index in [-0.39, 0.29) is 31.1 Å². The van der Waals surface area contributed by atoms with Crippen molar-refractivity contribution >= 4 is 17.9 Å². The Morgan fingerprint density at radius 1 is 0.256 bits per heavy atom. The molecule has 0 N–H and O–H groups in total. The molecule has 0 bridgehead atoms. The van der Waals surface area contributed by atoms with Crippen LogP contribution in [0.5, 0.6) is 0 Å². The van der Waals surface area contributed by atoms with E-state index in [0.717, 1.165) is 83.5 Å². The van der Waals surface area contributed by atoms with Crippen molar-refractivity contribution in [1.29, 1.82) is 0 Å². The summed E-state index contributed by atoms with van der Waals surface area (Å²) in [6.45, 7) is 6.64. The fraction of sp³-hybridized carbons (Fsp3) is 0.819. The average molecular weight is 1090 g/mol. The summed E-state index contributed by atoms with van der Waals surface area (Å²) in [6, 6.07) is 0. The lowest BCUT2D eigenvalue weighted by atomic mass is 10.0. The summed E-state index contributed by atoms with van der Waals surface area (Å²) in [5.74, 6) is -0.870. The Labute approximate surface area is 485 Å². The third-order valence-electron chi connectivity index (χ3n) is 15.2. The van der Waals surface area contributed by atoms with Crippen LogP contribution in [-0.4, -0.2) is 37.2 Å². The van der Waals surface area contributed by atoms with E-state index in [2.05, 4.69) is 81.5 Å². The van der Waals surface area contributed by atoms with Gasteiger partial charge in [-0.25, -0.2) is 0 Å². The summed E-state index contributed by atoms with van der Waals surface area (Å²) >= 11 is 0. The van der Waals surface area contributed by atoms with Gasteiger partial charge in [-0.15, -0.1) is 0 Å². The number of esters is 3. The molecule has 0 heterocycles. The molecular formula is C72H130O6. The molecule has 0 aliphatic carbocycles. The first kappa shape index (κ1) is 75.1. The fourth-order valence-corrected chi connectivity index (χ4v) is 10.1. The van der Waals surface area contributed by atoms with E-state index < -0.39 is 6.10 Å². The smallest absolute Gasteiger partial charge is 0.306 e. The molecule has 0 aromatic carbocycles. The zero-order valence-corrected chi connectivity index (χ0v) is 52.2. The minimum absolute atomic E-state index is 0.0756. The SMILES string of the molecule is CCCCCCC/C=C\C/C=C\C/C=C\CCCCCCCCC(=O)OC(COC(=O)CCCCCCCCCCCC)COC(=O)CCCCCCCCCCCCCCCCCCC/C=C\C/C=C\CCCCCCC. The van der Waals surface area contributed by atoms with E-state index in [0.29, 0.717) is 19.3 Å². The maximum Gasteiger partial charge on any atom is 0.306 e. The summed E-state index contributed by atoms with van der Waals surface area (Å²) in [4.78, 5) is 38.3. The summed E-state index contributed by atoms with van der Waals surface area (Å²) < 4.78 is 16.9. The number of rotatable bonds is 63. The van der Waals surface area contributed by atoms with Crippen molar-refractivity contribution in [3.05, 3.63) is 60.8 Å². The van der Waals surface area contributed by atoms with Gasteiger partial charge in [0, 0.05) is 19.3 Å². The highest BCUT2D eigenvalue weighted by atomic mass is 16.6. The molecular weight excluding hydrogens is 961 g/mol. The first-order valence-electron chi connectivity index (χ1n) is 34.3. The second-order valence-electron chi connectivity index (χ2n) is 23.1. The Bertz CT molecular complexity index is 1390. The number of ether oxygens (including phenoxy) is 3. The van der Waals surface area contributed by atoms with E-state index in [1.807, 2.05) is 0 Å². The van der Waals surface area contributed by atoms with Crippen LogP contribution in [0.15, 0.2) is 60.8 Å². The number of unbranched alkanes of at least 4 members (excludes halogenated alkanes) is 42. The molecule has 0 aromatic heterocycles. The van der Waals surface area contributed by atoms with E-state index in [9.17, 15) is 14.4 Å². The molecule has 454 valence electrons. The number of carbonyl (C=O) groups excluding carboxylic acids is 3. The Morgan fingerprint density at radius 2 is 0.462 bits per heavy atom.